The zero-order chi connectivity index (χ0) is 14.4. The molecule has 1 aliphatic heterocycles. The van der Waals surface area contributed by atoms with E-state index >= 15 is 0 Å². The number of phenols is 1. The van der Waals surface area contributed by atoms with E-state index in [2.05, 4.69) is 0 Å². The van der Waals surface area contributed by atoms with Gasteiger partial charge in [0.15, 0.2) is 5.75 Å². The van der Waals surface area contributed by atoms with Gasteiger partial charge in [0.2, 0.25) is 0 Å². The average Bonchev–Trinajstić information content (AvgIpc) is 2.47. The largest absolute Gasteiger partial charge is 0.502 e. The van der Waals surface area contributed by atoms with E-state index in [9.17, 15) is 15.2 Å². The Bertz CT molecular complexity index is 513. The molecule has 19 heavy (non-hydrogen) atoms. The lowest BCUT2D eigenvalue weighted by molar-refractivity contribution is -0.385. The molecule has 1 aromatic rings. The molecule has 0 saturated carbocycles. The van der Waals surface area contributed by atoms with E-state index in [0.29, 0.717) is 0 Å². The number of aromatic hydroxyl groups is 1. The SMILES string of the molecule is CC1(C)OB(c2cccc([N+](=O)[O-])c2O)OC1(C)C. The first-order valence-corrected chi connectivity index (χ1v) is 5.97. The number of rotatable bonds is 2. The monoisotopic (exact) mass is 265 g/mol. The summed E-state index contributed by atoms with van der Waals surface area (Å²) in [6, 6.07) is 4.30. The Morgan fingerprint density at radius 1 is 1.21 bits per heavy atom. The van der Waals surface area contributed by atoms with E-state index in [-0.39, 0.29) is 11.2 Å². The normalized spacial score (nSPS) is 20.5. The van der Waals surface area contributed by atoms with Gasteiger partial charge in [0, 0.05) is 11.5 Å². The molecule has 1 heterocycles. The highest BCUT2D eigenvalue weighted by molar-refractivity contribution is 6.63. The van der Waals surface area contributed by atoms with Crippen molar-refractivity contribution in [2.24, 2.45) is 0 Å². The molecule has 0 bridgehead atoms. The van der Waals surface area contributed by atoms with Crippen molar-refractivity contribution in [1.82, 2.24) is 0 Å². The summed E-state index contributed by atoms with van der Waals surface area (Å²) < 4.78 is 11.5. The van der Waals surface area contributed by atoms with Gasteiger partial charge in [-0.15, -0.1) is 0 Å². The second-order valence-electron chi connectivity index (χ2n) is 5.56. The topological polar surface area (TPSA) is 81.8 Å². The van der Waals surface area contributed by atoms with Crippen LogP contribution in [0.15, 0.2) is 18.2 Å². The number of phenolic OH excluding ortho intramolecular Hbond substituents is 1. The minimum absolute atomic E-state index is 0.271. The van der Waals surface area contributed by atoms with E-state index < -0.39 is 29.0 Å². The molecule has 0 spiro atoms. The van der Waals surface area contributed by atoms with Gasteiger partial charge in [-0.3, -0.25) is 10.1 Å². The molecular weight excluding hydrogens is 249 g/mol. The van der Waals surface area contributed by atoms with Crippen LogP contribution in [0.4, 0.5) is 5.69 Å². The van der Waals surface area contributed by atoms with Crippen molar-refractivity contribution in [3.63, 3.8) is 0 Å². The molecule has 1 aliphatic rings. The van der Waals surface area contributed by atoms with Crippen molar-refractivity contribution in [1.29, 1.82) is 0 Å². The van der Waals surface area contributed by atoms with Crippen LogP contribution in [0.2, 0.25) is 0 Å². The summed E-state index contributed by atoms with van der Waals surface area (Å²) in [5.74, 6) is -0.411. The lowest BCUT2D eigenvalue weighted by atomic mass is 9.78. The van der Waals surface area contributed by atoms with Gasteiger partial charge in [-0.2, -0.15) is 0 Å². The summed E-state index contributed by atoms with van der Waals surface area (Å²) in [5.41, 5.74) is -1.20. The molecule has 7 heteroatoms. The smallest absolute Gasteiger partial charge is 0.498 e. The molecule has 1 N–H and O–H groups in total. The minimum Gasteiger partial charge on any atom is -0.502 e. The molecule has 0 aromatic heterocycles. The number of nitro benzene ring substituents is 1. The van der Waals surface area contributed by atoms with Gasteiger partial charge in [-0.25, -0.2) is 0 Å². The average molecular weight is 265 g/mol. The Morgan fingerprint density at radius 3 is 2.21 bits per heavy atom. The zero-order valence-corrected chi connectivity index (χ0v) is 11.3. The van der Waals surface area contributed by atoms with Gasteiger partial charge >= 0.3 is 12.8 Å². The quantitative estimate of drug-likeness (QED) is 0.499. The Morgan fingerprint density at radius 2 is 1.74 bits per heavy atom. The standard InChI is InChI=1S/C12H16BNO5/c1-11(2)12(3,4)19-13(18-11)8-6-5-7-9(10(8)15)14(16)17/h5-7,15H,1-4H3. The van der Waals surface area contributed by atoms with Crippen LogP contribution >= 0.6 is 0 Å². The molecule has 1 saturated heterocycles. The van der Waals surface area contributed by atoms with Crippen LogP contribution in [0, 0.1) is 10.1 Å². The maximum Gasteiger partial charge on any atom is 0.498 e. The first-order valence-electron chi connectivity index (χ1n) is 5.97. The molecule has 0 radical (unpaired) electrons. The molecule has 0 atom stereocenters. The van der Waals surface area contributed by atoms with Crippen molar-refractivity contribution in [3.8, 4) is 5.75 Å². The van der Waals surface area contributed by atoms with Gasteiger partial charge in [-0.1, -0.05) is 12.1 Å². The lowest BCUT2D eigenvalue weighted by Crippen LogP contribution is -2.41. The van der Waals surface area contributed by atoms with Crippen LogP contribution in [0.3, 0.4) is 0 Å². The predicted molar refractivity (Wildman–Crippen MR) is 70.5 cm³/mol. The van der Waals surface area contributed by atoms with Gasteiger partial charge in [0.25, 0.3) is 0 Å². The van der Waals surface area contributed by atoms with Crippen LogP contribution in [0.25, 0.3) is 0 Å². The molecule has 1 aromatic carbocycles. The first-order chi connectivity index (χ1) is 8.66. The number of nitrogens with zero attached hydrogens (tertiary/aromatic N) is 1. The van der Waals surface area contributed by atoms with Gasteiger partial charge in [0.1, 0.15) is 0 Å². The number of para-hydroxylation sites is 1. The van der Waals surface area contributed by atoms with E-state index in [1.165, 1.54) is 12.1 Å². The Balaban J connectivity index is 2.40. The number of nitro groups is 1. The maximum atomic E-state index is 10.8. The zero-order valence-electron chi connectivity index (χ0n) is 11.3. The highest BCUT2D eigenvalue weighted by Gasteiger charge is 2.52. The van der Waals surface area contributed by atoms with Crippen molar-refractivity contribution >= 4 is 18.3 Å². The van der Waals surface area contributed by atoms with E-state index in [1.54, 1.807) is 6.07 Å². The fourth-order valence-corrected chi connectivity index (χ4v) is 1.86. The summed E-state index contributed by atoms with van der Waals surface area (Å²) in [4.78, 5) is 10.2. The highest BCUT2D eigenvalue weighted by atomic mass is 16.7. The van der Waals surface area contributed by atoms with E-state index in [1.807, 2.05) is 27.7 Å². The fraction of sp³-hybridized carbons (Fsp3) is 0.500. The molecule has 2 rings (SSSR count). The highest BCUT2D eigenvalue weighted by Crippen LogP contribution is 2.37. The Labute approximate surface area is 111 Å². The van der Waals surface area contributed by atoms with Crippen LogP contribution in [-0.2, 0) is 9.31 Å². The van der Waals surface area contributed by atoms with Crippen LogP contribution in [0.1, 0.15) is 27.7 Å². The van der Waals surface area contributed by atoms with Crippen LogP contribution in [-0.4, -0.2) is 28.4 Å². The van der Waals surface area contributed by atoms with Crippen molar-refractivity contribution in [2.45, 2.75) is 38.9 Å². The van der Waals surface area contributed by atoms with Crippen molar-refractivity contribution in [3.05, 3.63) is 28.3 Å². The van der Waals surface area contributed by atoms with E-state index in [0.717, 1.165) is 0 Å². The third kappa shape index (κ3) is 2.19. The summed E-state index contributed by atoms with van der Waals surface area (Å²) >= 11 is 0. The lowest BCUT2D eigenvalue weighted by Gasteiger charge is -2.32. The van der Waals surface area contributed by atoms with Gasteiger partial charge in [0.05, 0.1) is 16.1 Å². The van der Waals surface area contributed by atoms with Gasteiger partial charge in [-0.05, 0) is 27.7 Å². The molecule has 6 nitrogen and oxygen atoms in total. The number of benzene rings is 1. The van der Waals surface area contributed by atoms with Crippen molar-refractivity contribution < 1.29 is 19.3 Å². The molecule has 102 valence electrons. The van der Waals surface area contributed by atoms with Crippen LogP contribution < -0.4 is 5.46 Å². The maximum absolute atomic E-state index is 10.8. The fourth-order valence-electron chi connectivity index (χ4n) is 1.86. The molecule has 0 amide bonds. The van der Waals surface area contributed by atoms with Crippen molar-refractivity contribution in [2.75, 3.05) is 0 Å². The molecular formula is C12H16BNO5. The summed E-state index contributed by atoms with van der Waals surface area (Å²) in [5, 5.41) is 20.8. The first kappa shape index (κ1) is 13.8. The van der Waals surface area contributed by atoms with E-state index in [4.69, 9.17) is 9.31 Å². The number of hydrogen-bond donors (Lipinski definition) is 1. The number of hydrogen-bond acceptors (Lipinski definition) is 5. The summed E-state index contributed by atoms with van der Waals surface area (Å²) in [7, 11) is -0.815. The second-order valence-corrected chi connectivity index (χ2v) is 5.56. The molecule has 1 fully saturated rings. The second kappa shape index (κ2) is 4.21. The molecule has 0 unspecified atom stereocenters. The Hall–Kier alpha value is -1.60. The molecule has 0 aliphatic carbocycles. The van der Waals surface area contributed by atoms with Gasteiger partial charge < -0.3 is 14.4 Å². The minimum atomic E-state index is -0.815. The van der Waals surface area contributed by atoms with Crippen LogP contribution in [0.5, 0.6) is 5.75 Å². The summed E-state index contributed by atoms with van der Waals surface area (Å²) in [6.07, 6.45) is 0. The predicted octanol–water partition coefficient (Wildman–Crippen LogP) is 1.60. The third-order valence-corrected chi connectivity index (χ3v) is 3.75. The Kier molecular flexibility index (Phi) is 3.06. The summed E-state index contributed by atoms with van der Waals surface area (Å²) in [6.45, 7) is 7.51. The third-order valence-electron chi connectivity index (χ3n) is 3.75.